The molecule has 1 atom stereocenters. The highest BCUT2D eigenvalue weighted by molar-refractivity contribution is 5.97. The molecule has 1 rings (SSSR count). The normalized spacial score (nSPS) is 10.5. The van der Waals surface area contributed by atoms with Crippen molar-refractivity contribution in [1.82, 2.24) is 10.6 Å². The number of nitrogens with two attached hydrogens (primary N) is 1. The molecular formula is C14H21N3O3. The minimum absolute atomic E-state index is 0.266. The molecule has 110 valence electrons. The van der Waals surface area contributed by atoms with Crippen LogP contribution in [0.25, 0.3) is 0 Å². The van der Waals surface area contributed by atoms with Gasteiger partial charge in [-0.25, -0.2) is 0 Å². The Morgan fingerprint density at radius 3 is 2.25 bits per heavy atom. The first-order valence-corrected chi connectivity index (χ1v) is 6.32. The second-order valence-corrected chi connectivity index (χ2v) is 3.99. The quantitative estimate of drug-likeness (QED) is 0.658. The first kappa shape index (κ1) is 17.6. The third-order valence-corrected chi connectivity index (χ3v) is 2.38. The van der Waals surface area contributed by atoms with Gasteiger partial charge >= 0.3 is 0 Å². The average molecular weight is 279 g/mol. The van der Waals surface area contributed by atoms with E-state index >= 15 is 0 Å². The highest BCUT2D eigenvalue weighted by Gasteiger charge is 2.17. The van der Waals surface area contributed by atoms with Gasteiger partial charge in [-0.3, -0.25) is 14.4 Å². The summed E-state index contributed by atoms with van der Waals surface area (Å²) in [5.41, 5.74) is 5.73. The van der Waals surface area contributed by atoms with Crippen molar-refractivity contribution in [2.75, 3.05) is 7.05 Å². The number of nitrogens with one attached hydrogen (secondary N) is 2. The zero-order chi connectivity index (χ0) is 15.4. The summed E-state index contributed by atoms with van der Waals surface area (Å²) < 4.78 is 0. The Morgan fingerprint density at radius 2 is 1.85 bits per heavy atom. The van der Waals surface area contributed by atoms with E-state index in [-0.39, 0.29) is 5.91 Å². The van der Waals surface area contributed by atoms with Crippen molar-refractivity contribution in [3.8, 4) is 0 Å². The van der Waals surface area contributed by atoms with Gasteiger partial charge < -0.3 is 16.4 Å². The molecule has 0 radical (unpaired) electrons. The lowest BCUT2D eigenvalue weighted by atomic mass is 10.1. The van der Waals surface area contributed by atoms with Gasteiger partial charge in [0.05, 0.1) is 0 Å². The summed E-state index contributed by atoms with van der Waals surface area (Å²) in [5.74, 6) is -0.760. The standard InChI is InChI=1S/C12H16N2O2.C2H5NO/c1-2-6-10(11(13)15)14-12(16)9-7-4-3-5-8-9;1-3-2-4/h3-5,7-8,10H,2,6H2,1H3,(H2,13,15)(H,14,16);2H,1H3,(H,3,4). The molecule has 0 aliphatic carbocycles. The van der Waals surface area contributed by atoms with Crippen LogP contribution in [0.3, 0.4) is 0 Å². The number of carbonyl (C=O) groups is 3. The van der Waals surface area contributed by atoms with Gasteiger partial charge in [0.15, 0.2) is 0 Å². The third-order valence-electron chi connectivity index (χ3n) is 2.38. The summed E-state index contributed by atoms with van der Waals surface area (Å²) in [6, 6.07) is 8.17. The summed E-state index contributed by atoms with van der Waals surface area (Å²) in [6.07, 6.45) is 1.98. The van der Waals surface area contributed by atoms with Gasteiger partial charge in [0, 0.05) is 12.6 Å². The minimum atomic E-state index is -0.585. The molecule has 0 bridgehead atoms. The molecular weight excluding hydrogens is 258 g/mol. The minimum Gasteiger partial charge on any atom is -0.368 e. The Morgan fingerprint density at radius 1 is 1.30 bits per heavy atom. The number of rotatable bonds is 6. The molecule has 20 heavy (non-hydrogen) atoms. The summed E-state index contributed by atoms with van der Waals surface area (Å²) in [6.45, 7) is 1.94. The van der Waals surface area contributed by atoms with Crippen LogP contribution in [0.4, 0.5) is 0 Å². The fourth-order valence-electron chi connectivity index (χ4n) is 1.41. The van der Waals surface area contributed by atoms with Crippen LogP contribution in [-0.2, 0) is 9.59 Å². The molecule has 4 N–H and O–H groups in total. The van der Waals surface area contributed by atoms with Crippen LogP contribution in [0.2, 0.25) is 0 Å². The molecule has 0 spiro atoms. The molecule has 1 aromatic rings. The first-order chi connectivity index (χ1) is 9.56. The Bertz CT molecular complexity index is 421. The number of hydrogen-bond donors (Lipinski definition) is 3. The third kappa shape index (κ3) is 7.15. The predicted octanol–water partition coefficient (Wildman–Crippen LogP) is 0.433. The molecule has 0 aliphatic rings. The molecule has 1 unspecified atom stereocenters. The number of primary amides is 1. The molecule has 0 aromatic heterocycles. The van der Waals surface area contributed by atoms with Crippen LogP contribution >= 0.6 is 0 Å². The SMILES string of the molecule is CCCC(NC(=O)c1ccccc1)C(N)=O.CNC=O. The van der Waals surface area contributed by atoms with Crippen LogP contribution in [0.5, 0.6) is 0 Å². The summed E-state index contributed by atoms with van der Waals surface area (Å²) in [7, 11) is 1.56. The molecule has 1 aromatic carbocycles. The number of benzene rings is 1. The molecule has 0 fully saturated rings. The van der Waals surface area contributed by atoms with Crippen LogP contribution in [0, 0.1) is 0 Å². The van der Waals surface area contributed by atoms with E-state index in [1.54, 1.807) is 31.3 Å². The van der Waals surface area contributed by atoms with Crippen molar-refractivity contribution in [3.05, 3.63) is 35.9 Å². The lowest BCUT2D eigenvalue weighted by Gasteiger charge is -2.14. The maximum Gasteiger partial charge on any atom is 0.251 e. The summed E-state index contributed by atoms with van der Waals surface area (Å²) in [5, 5.41) is 4.87. The molecule has 0 saturated carbocycles. The van der Waals surface area contributed by atoms with E-state index in [1.165, 1.54) is 0 Å². The van der Waals surface area contributed by atoms with Gasteiger partial charge in [0.2, 0.25) is 12.3 Å². The van der Waals surface area contributed by atoms with Crippen LogP contribution < -0.4 is 16.4 Å². The predicted molar refractivity (Wildman–Crippen MR) is 76.9 cm³/mol. The van der Waals surface area contributed by atoms with E-state index in [2.05, 4.69) is 10.6 Å². The molecule has 3 amide bonds. The highest BCUT2D eigenvalue weighted by Crippen LogP contribution is 2.01. The second-order valence-electron chi connectivity index (χ2n) is 3.99. The van der Waals surface area contributed by atoms with Crippen LogP contribution in [0.15, 0.2) is 30.3 Å². The monoisotopic (exact) mass is 279 g/mol. The highest BCUT2D eigenvalue weighted by atomic mass is 16.2. The van der Waals surface area contributed by atoms with E-state index in [4.69, 9.17) is 10.5 Å². The van der Waals surface area contributed by atoms with Gasteiger partial charge in [0.1, 0.15) is 6.04 Å². The first-order valence-electron chi connectivity index (χ1n) is 6.32. The molecule has 0 heterocycles. The zero-order valence-corrected chi connectivity index (χ0v) is 11.8. The van der Waals surface area contributed by atoms with Gasteiger partial charge in [-0.05, 0) is 18.6 Å². The van der Waals surface area contributed by atoms with E-state index in [9.17, 15) is 9.59 Å². The molecule has 6 nitrogen and oxygen atoms in total. The average Bonchev–Trinajstić information content (AvgIpc) is 2.47. The van der Waals surface area contributed by atoms with Crippen molar-refractivity contribution < 1.29 is 14.4 Å². The number of carbonyl (C=O) groups excluding carboxylic acids is 3. The van der Waals surface area contributed by atoms with Gasteiger partial charge in [-0.2, -0.15) is 0 Å². The maximum atomic E-state index is 11.7. The molecule has 0 aliphatic heterocycles. The van der Waals surface area contributed by atoms with E-state index in [0.29, 0.717) is 18.4 Å². The Balaban J connectivity index is 0.000000796. The fraction of sp³-hybridized carbons (Fsp3) is 0.357. The van der Waals surface area contributed by atoms with Crippen LogP contribution in [0.1, 0.15) is 30.1 Å². The maximum absolute atomic E-state index is 11.7. The Labute approximate surface area is 118 Å². The Hall–Kier alpha value is -2.37. The van der Waals surface area contributed by atoms with Gasteiger partial charge in [-0.1, -0.05) is 31.5 Å². The van der Waals surface area contributed by atoms with E-state index in [0.717, 1.165) is 6.42 Å². The van der Waals surface area contributed by atoms with E-state index < -0.39 is 11.9 Å². The largest absolute Gasteiger partial charge is 0.368 e. The van der Waals surface area contributed by atoms with Gasteiger partial charge in [0.25, 0.3) is 5.91 Å². The van der Waals surface area contributed by atoms with Crippen molar-refractivity contribution in [2.24, 2.45) is 5.73 Å². The second kappa shape index (κ2) is 10.5. The van der Waals surface area contributed by atoms with Crippen LogP contribution in [-0.4, -0.2) is 31.3 Å². The zero-order valence-electron chi connectivity index (χ0n) is 11.8. The van der Waals surface area contributed by atoms with Gasteiger partial charge in [-0.15, -0.1) is 0 Å². The molecule has 6 heteroatoms. The lowest BCUT2D eigenvalue weighted by molar-refractivity contribution is -0.120. The Kier molecular flexibility index (Phi) is 9.29. The van der Waals surface area contributed by atoms with Crippen molar-refractivity contribution >= 4 is 18.2 Å². The van der Waals surface area contributed by atoms with Crippen molar-refractivity contribution in [1.29, 1.82) is 0 Å². The van der Waals surface area contributed by atoms with E-state index in [1.807, 2.05) is 13.0 Å². The lowest BCUT2D eigenvalue weighted by Crippen LogP contribution is -2.44. The molecule has 0 saturated heterocycles. The smallest absolute Gasteiger partial charge is 0.251 e. The summed E-state index contributed by atoms with van der Waals surface area (Å²) in [4.78, 5) is 31.8. The summed E-state index contributed by atoms with van der Waals surface area (Å²) >= 11 is 0. The fourth-order valence-corrected chi connectivity index (χ4v) is 1.41. The number of hydrogen-bond acceptors (Lipinski definition) is 3. The van der Waals surface area contributed by atoms with Crippen molar-refractivity contribution in [3.63, 3.8) is 0 Å². The topological polar surface area (TPSA) is 101 Å². The number of amides is 3. The van der Waals surface area contributed by atoms with Crippen molar-refractivity contribution in [2.45, 2.75) is 25.8 Å².